The molecule has 0 aliphatic rings. The van der Waals surface area contributed by atoms with Crippen LogP contribution < -0.4 is 10.6 Å². The Kier molecular flexibility index (Phi) is 4.69. The molecule has 0 aromatic carbocycles. The molecule has 0 bridgehead atoms. The Morgan fingerprint density at radius 2 is 2.18 bits per heavy atom. The van der Waals surface area contributed by atoms with E-state index >= 15 is 0 Å². The van der Waals surface area contributed by atoms with Crippen molar-refractivity contribution in [2.45, 2.75) is 39.3 Å². The van der Waals surface area contributed by atoms with E-state index in [1.165, 1.54) is 0 Å². The first-order valence-corrected chi connectivity index (χ1v) is 5.87. The van der Waals surface area contributed by atoms with Gasteiger partial charge in [-0.2, -0.15) is 5.10 Å². The first kappa shape index (κ1) is 13.7. The Morgan fingerprint density at radius 1 is 1.47 bits per heavy atom. The van der Waals surface area contributed by atoms with Gasteiger partial charge in [-0.15, -0.1) is 0 Å². The van der Waals surface area contributed by atoms with Gasteiger partial charge in [0.15, 0.2) is 0 Å². The van der Waals surface area contributed by atoms with E-state index in [0.717, 1.165) is 5.69 Å². The monoisotopic (exact) mass is 238 g/mol. The predicted molar refractivity (Wildman–Crippen MR) is 67.4 cm³/mol. The van der Waals surface area contributed by atoms with E-state index in [0.29, 0.717) is 19.5 Å². The first-order valence-electron chi connectivity index (χ1n) is 5.87. The number of nitrogens with zero attached hydrogens (tertiary/aromatic N) is 2. The molecule has 1 amide bonds. The maximum Gasteiger partial charge on any atom is 0.221 e. The molecule has 0 unspecified atom stereocenters. The Labute approximate surface area is 103 Å². The fraction of sp³-hybridized carbons (Fsp3) is 0.667. The van der Waals surface area contributed by atoms with Crippen molar-refractivity contribution in [3.8, 4) is 0 Å². The highest BCUT2D eigenvalue weighted by atomic mass is 16.1. The summed E-state index contributed by atoms with van der Waals surface area (Å²) in [6.07, 6.45) is 2.35. The van der Waals surface area contributed by atoms with E-state index in [-0.39, 0.29) is 11.4 Å². The van der Waals surface area contributed by atoms with Crippen LogP contribution in [0.4, 0.5) is 0 Å². The SMILES string of the molecule is Cn1ccc(CNC(=O)CCNC(C)(C)C)n1. The molecule has 2 N–H and O–H groups in total. The molecule has 1 aromatic rings. The highest BCUT2D eigenvalue weighted by molar-refractivity contribution is 5.75. The molecule has 5 heteroatoms. The zero-order valence-corrected chi connectivity index (χ0v) is 11.1. The number of amides is 1. The van der Waals surface area contributed by atoms with Crippen LogP contribution in [0.2, 0.25) is 0 Å². The molecular weight excluding hydrogens is 216 g/mol. The van der Waals surface area contributed by atoms with Crippen LogP contribution >= 0.6 is 0 Å². The minimum atomic E-state index is 0.0485. The highest BCUT2D eigenvalue weighted by Crippen LogP contribution is 1.98. The lowest BCUT2D eigenvalue weighted by Crippen LogP contribution is -2.38. The molecule has 0 spiro atoms. The lowest BCUT2D eigenvalue weighted by atomic mass is 10.1. The molecule has 5 nitrogen and oxygen atoms in total. The minimum Gasteiger partial charge on any atom is -0.350 e. The lowest BCUT2D eigenvalue weighted by molar-refractivity contribution is -0.121. The number of aromatic nitrogens is 2. The number of carbonyl (C=O) groups is 1. The second-order valence-electron chi connectivity index (χ2n) is 5.18. The third-order valence-electron chi connectivity index (χ3n) is 2.24. The number of aryl methyl sites for hydroxylation is 1. The van der Waals surface area contributed by atoms with Crippen molar-refractivity contribution < 1.29 is 4.79 Å². The third kappa shape index (κ3) is 6.06. The van der Waals surface area contributed by atoms with E-state index < -0.39 is 0 Å². The van der Waals surface area contributed by atoms with Crippen molar-refractivity contribution in [1.29, 1.82) is 0 Å². The van der Waals surface area contributed by atoms with Gasteiger partial charge in [-0.05, 0) is 26.8 Å². The number of nitrogens with one attached hydrogen (secondary N) is 2. The van der Waals surface area contributed by atoms with Crippen LogP contribution in [-0.2, 0) is 18.4 Å². The Balaban J connectivity index is 2.18. The molecular formula is C12H22N4O. The molecule has 0 radical (unpaired) electrons. The summed E-state index contributed by atoms with van der Waals surface area (Å²) in [7, 11) is 1.86. The first-order chi connectivity index (χ1) is 7.87. The van der Waals surface area contributed by atoms with Gasteiger partial charge >= 0.3 is 0 Å². The van der Waals surface area contributed by atoms with Gasteiger partial charge in [0.25, 0.3) is 0 Å². The van der Waals surface area contributed by atoms with Crippen LogP contribution in [0, 0.1) is 0 Å². The van der Waals surface area contributed by atoms with Crippen LogP contribution in [0.5, 0.6) is 0 Å². The molecule has 96 valence electrons. The zero-order chi connectivity index (χ0) is 12.9. The van der Waals surface area contributed by atoms with Gasteiger partial charge < -0.3 is 10.6 Å². The van der Waals surface area contributed by atoms with Gasteiger partial charge in [-0.25, -0.2) is 0 Å². The maximum absolute atomic E-state index is 11.5. The van der Waals surface area contributed by atoms with Crippen LogP contribution in [0.25, 0.3) is 0 Å². The van der Waals surface area contributed by atoms with E-state index in [1.54, 1.807) is 4.68 Å². The standard InChI is InChI=1S/C12H22N4O/c1-12(2,3)14-7-5-11(17)13-9-10-6-8-16(4)15-10/h6,8,14H,5,7,9H2,1-4H3,(H,13,17). The van der Waals surface area contributed by atoms with Crippen molar-refractivity contribution in [3.63, 3.8) is 0 Å². The summed E-state index contributed by atoms with van der Waals surface area (Å²) in [4.78, 5) is 11.5. The summed E-state index contributed by atoms with van der Waals surface area (Å²) in [5.74, 6) is 0.0485. The lowest BCUT2D eigenvalue weighted by Gasteiger charge is -2.20. The summed E-state index contributed by atoms with van der Waals surface area (Å²) >= 11 is 0. The average molecular weight is 238 g/mol. The highest BCUT2D eigenvalue weighted by Gasteiger charge is 2.09. The van der Waals surface area contributed by atoms with Crippen LogP contribution in [0.3, 0.4) is 0 Å². The normalized spacial score (nSPS) is 11.5. The van der Waals surface area contributed by atoms with E-state index in [2.05, 4.69) is 36.5 Å². The number of carbonyl (C=O) groups excluding carboxylic acids is 1. The van der Waals surface area contributed by atoms with Crippen molar-refractivity contribution in [3.05, 3.63) is 18.0 Å². The van der Waals surface area contributed by atoms with Crippen molar-refractivity contribution >= 4 is 5.91 Å². The molecule has 1 heterocycles. The molecule has 0 saturated heterocycles. The Hall–Kier alpha value is -1.36. The summed E-state index contributed by atoms with van der Waals surface area (Å²) in [6, 6.07) is 1.90. The molecule has 0 aliphatic heterocycles. The quantitative estimate of drug-likeness (QED) is 0.798. The molecule has 0 atom stereocenters. The largest absolute Gasteiger partial charge is 0.350 e. The topological polar surface area (TPSA) is 59.0 Å². The van der Waals surface area contributed by atoms with Crippen molar-refractivity contribution in [1.82, 2.24) is 20.4 Å². The Bertz CT molecular complexity index is 365. The van der Waals surface area contributed by atoms with Gasteiger partial charge in [0.05, 0.1) is 12.2 Å². The molecule has 0 aliphatic carbocycles. The fourth-order valence-electron chi connectivity index (χ4n) is 1.39. The number of rotatable bonds is 5. The van der Waals surface area contributed by atoms with Crippen LogP contribution in [-0.4, -0.2) is 27.8 Å². The van der Waals surface area contributed by atoms with Gasteiger partial charge in [-0.3, -0.25) is 9.48 Å². The van der Waals surface area contributed by atoms with E-state index in [9.17, 15) is 4.79 Å². The molecule has 1 rings (SSSR count). The number of hydrogen-bond acceptors (Lipinski definition) is 3. The number of hydrogen-bond donors (Lipinski definition) is 2. The maximum atomic E-state index is 11.5. The zero-order valence-electron chi connectivity index (χ0n) is 11.1. The summed E-state index contributed by atoms with van der Waals surface area (Å²) < 4.78 is 1.72. The molecule has 0 fully saturated rings. The second kappa shape index (κ2) is 5.82. The van der Waals surface area contributed by atoms with Crippen molar-refractivity contribution in [2.75, 3.05) is 6.54 Å². The van der Waals surface area contributed by atoms with Gasteiger partial charge in [-0.1, -0.05) is 0 Å². The molecule has 17 heavy (non-hydrogen) atoms. The summed E-state index contributed by atoms with van der Waals surface area (Å²) in [5.41, 5.74) is 0.936. The minimum absolute atomic E-state index is 0.0485. The van der Waals surface area contributed by atoms with E-state index in [4.69, 9.17) is 0 Å². The molecule has 0 saturated carbocycles. The summed E-state index contributed by atoms with van der Waals surface area (Å²) in [6.45, 7) is 7.43. The van der Waals surface area contributed by atoms with Gasteiger partial charge in [0.1, 0.15) is 0 Å². The molecule has 1 aromatic heterocycles. The van der Waals surface area contributed by atoms with Crippen molar-refractivity contribution in [2.24, 2.45) is 7.05 Å². The van der Waals surface area contributed by atoms with Gasteiger partial charge in [0.2, 0.25) is 5.91 Å². The second-order valence-corrected chi connectivity index (χ2v) is 5.18. The smallest absolute Gasteiger partial charge is 0.221 e. The summed E-state index contributed by atoms with van der Waals surface area (Å²) in [5, 5.41) is 10.3. The third-order valence-corrected chi connectivity index (χ3v) is 2.24. The van der Waals surface area contributed by atoms with Crippen LogP contribution in [0.15, 0.2) is 12.3 Å². The Morgan fingerprint density at radius 3 is 2.71 bits per heavy atom. The fourth-order valence-corrected chi connectivity index (χ4v) is 1.39. The predicted octanol–water partition coefficient (Wildman–Crippen LogP) is 0.814. The van der Waals surface area contributed by atoms with Gasteiger partial charge in [0, 0.05) is 31.7 Å². The van der Waals surface area contributed by atoms with E-state index in [1.807, 2.05) is 19.3 Å². The average Bonchev–Trinajstić information content (AvgIpc) is 2.59. The van der Waals surface area contributed by atoms with Crippen LogP contribution in [0.1, 0.15) is 32.9 Å².